The minimum atomic E-state index is -3.48. The van der Waals surface area contributed by atoms with Crippen molar-refractivity contribution in [3.63, 3.8) is 0 Å². The lowest BCUT2D eigenvalue weighted by atomic mass is 10.0. The average Bonchev–Trinajstić information content (AvgIpc) is 3.17. The molecule has 5 nitrogen and oxygen atoms in total. The number of halogens is 1. The van der Waals surface area contributed by atoms with Crippen molar-refractivity contribution in [2.24, 2.45) is 0 Å². The van der Waals surface area contributed by atoms with Gasteiger partial charge in [-0.3, -0.25) is 0 Å². The summed E-state index contributed by atoms with van der Waals surface area (Å²) in [7, 11) is -3.48. The van der Waals surface area contributed by atoms with Crippen LogP contribution in [0, 0.1) is 6.92 Å². The predicted octanol–water partition coefficient (Wildman–Crippen LogP) is 3.90. The number of hydrogen-bond donors (Lipinski definition) is 0. The quantitative estimate of drug-likeness (QED) is 0.774. The molecule has 0 saturated carbocycles. The molecule has 1 aliphatic rings. The van der Waals surface area contributed by atoms with Crippen LogP contribution in [-0.2, 0) is 16.4 Å². The lowest BCUT2D eigenvalue weighted by Gasteiger charge is -2.23. The van der Waals surface area contributed by atoms with Crippen molar-refractivity contribution in [1.82, 2.24) is 9.46 Å². The van der Waals surface area contributed by atoms with Crippen molar-refractivity contribution in [3.8, 4) is 0 Å². The normalized spacial score (nSPS) is 19.9. The molecule has 1 fully saturated rings. The third-order valence-corrected chi connectivity index (χ3v) is 7.95. The highest BCUT2D eigenvalue weighted by Gasteiger charge is 2.39. The molecule has 1 atom stereocenters. The summed E-state index contributed by atoms with van der Waals surface area (Å²) in [5.74, 6) is 0.789. The van der Waals surface area contributed by atoms with Gasteiger partial charge in [0.25, 0.3) is 10.0 Å². The molecule has 120 valence electrons. The molecule has 2 aromatic rings. The second-order valence-electron chi connectivity index (χ2n) is 5.29. The summed E-state index contributed by atoms with van der Waals surface area (Å²) in [4.78, 5) is 0. The Morgan fingerprint density at radius 1 is 1.50 bits per heavy atom. The van der Waals surface area contributed by atoms with Crippen LogP contribution in [0.1, 0.15) is 42.8 Å². The zero-order chi connectivity index (χ0) is 15.9. The van der Waals surface area contributed by atoms with Crippen molar-refractivity contribution in [2.75, 3.05) is 6.54 Å². The summed E-state index contributed by atoms with van der Waals surface area (Å²) < 4.78 is 34.0. The van der Waals surface area contributed by atoms with Crippen LogP contribution in [0.25, 0.3) is 0 Å². The molecule has 22 heavy (non-hydrogen) atoms. The summed E-state index contributed by atoms with van der Waals surface area (Å²) in [6, 6.07) is 3.25. The zero-order valence-corrected chi connectivity index (χ0v) is 15.6. The second-order valence-corrected chi connectivity index (χ2v) is 9.87. The summed E-state index contributed by atoms with van der Waals surface area (Å²) in [5, 5.41) is 4.02. The Balaban J connectivity index is 2.02. The maximum atomic E-state index is 12.9. The van der Waals surface area contributed by atoms with Crippen LogP contribution in [0.4, 0.5) is 0 Å². The van der Waals surface area contributed by atoms with E-state index in [1.807, 2.05) is 13.8 Å². The van der Waals surface area contributed by atoms with E-state index in [-0.39, 0.29) is 6.04 Å². The van der Waals surface area contributed by atoms with Gasteiger partial charge in [0.15, 0.2) is 0 Å². The van der Waals surface area contributed by atoms with E-state index < -0.39 is 10.0 Å². The second kappa shape index (κ2) is 6.07. The van der Waals surface area contributed by atoms with E-state index in [1.165, 1.54) is 11.3 Å². The first-order chi connectivity index (χ1) is 10.4. The van der Waals surface area contributed by atoms with Crippen molar-refractivity contribution in [3.05, 3.63) is 32.9 Å². The van der Waals surface area contributed by atoms with Gasteiger partial charge in [-0.15, -0.1) is 11.3 Å². The highest BCUT2D eigenvalue weighted by atomic mass is 79.9. The predicted molar refractivity (Wildman–Crippen MR) is 88.5 cm³/mol. The van der Waals surface area contributed by atoms with Gasteiger partial charge in [-0.1, -0.05) is 12.1 Å². The Morgan fingerprint density at radius 3 is 2.91 bits per heavy atom. The maximum Gasteiger partial charge on any atom is 0.253 e. The van der Waals surface area contributed by atoms with Gasteiger partial charge in [-0.05, 0) is 47.8 Å². The van der Waals surface area contributed by atoms with Crippen molar-refractivity contribution in [2.45, 2.75) is 43.4 Å². The molecule has 0 spiro atoms. The fraction of sp³-hybridized carbons (Fsp3) is 0.500. The van der Waals surface area contributed by atoms with Crippen LogP contribution in [0.3, 0.4) is 0 Å². The van der Waals surface area contributed by atoms with Crippen LogP contribution in [0.5, 0.6) is 0 Å². The van der Waals surface area contributed by atoms with Crippen LogP contribution in [-0.4, -0.2) is 24.4 Å². The van der Waals surface area contributed by atoms with Gasteiger partial charge in [-0.2, -0.15) is 4.31 Å². The maximum absolute atomic E-state index is 12.9. The van der Waals surface area contributed by atoms with Gasteiger partial charge in [0.2, 0.25) is 0 Å². The topological polar surface area (TPSA) is 63.4 Å². The monoisotopic (exact) mass is 404 g/mol. The van der Waals surface area contributed by atoms with E-state index in [9.17, 15) is 8.42 Å². The van der Waals surface area contributed by atoms with Gasteiger partial charge < -0.3 is 4.52 Å². The lowest BCUT2D eigenvalue weighted by Crippen LogP contribution is -2.30. The molecule has 0 N–H and O–H groups in total. The fourth-order valence-corrected chi connectivity index (χ4v) is 6.78. The molecular weight excluding hydrogens is 388 g/mol. The number of thiophene rings is 1. The minimum absolute atomic E-state index is 0.174. The van der Waals surface area contributed by atoms with E-state index in [1.54, 1.807) is 16.4 Å². The Labute approximate surface area is 142 Å². The molecule has 2 aromatic heterocycles. The molecule has 1 saturated heterocycles. The summed E-state index contributed by atoms with van der Waals surface area (Å²) >= 11 is 4.57. The highest BCUT2D eigenvalue weighted by molar-refractivity contribution is 9.11. The number of aromatic nitrogens is 1. The highest BCUT2D eigenvalue weighted by Crippen LogP contribution is 2.41. The van der Waals surface area contributed by atoms with E-state index in [0.717, 1.165) is 33.6 Å². The van der Waals surface area contributed by atoms with Gasteiger partial charge >= 0.3 is 0 Å². The molecule has 1 unspecified atom stereocenters. The SMILES string of the molecule is CCc1onc(C)c1C1CCCN1S(=O)(=O)c1ccc(Br)s1. The Hall–Kier alpha value is -0.700. The molecule has 3 heterocycles. The molecule has 0 aromatic carbocycles. The first kappa shape index (κ1) is 16.2. The van der Waals surface area contributed by atoms with E-state index >= 15 is 0 Å². The van der Waals surface area contributed by atoms with Gasteiger partial charge in [0.05, 0.1) is 15.5 Å². The summed E-state index contributed by atoms with van der Waals surface area (Å²) in [5.41, 5.74) is 1.73. The molecule has 0 aliphatic carbocycles. The first-order valence-corrected chi connectivity index (χ1v) is 10.2. The van der Waals surface area contributed by atoms with Crippen molar-refractivity contribution in [1.29, 1.82) is 0 Å². The molecule has 8 heteroatoms. The summed E-state index contributed by atoms with van der Waals surface area (Å²) in [6.45, 7) is 4.41. The van der Waals surface area contributed by atoms with Gasteiger partial charge in [0, 0.05) is 18.5 Å². The van der Waals surface area contributed by atoms with E-state index in [4.69, 9.17) is 4.52 Å². The summed E-state index contributed by atoms with van der Waals surface area (Å²) in [6.07, 6.45) is 2.37. The number of sulfonamides is 1. The molecule has 0 radical (unpaired) electrons. The molecule has 0 amide bonds. The Bertz CT molecular complexity index is 782. The molecule has 0 bridgehead atoms. The number of nitrogens with zero attached hydrogens (tertiary/aromatic N) is 2. The smallest absolute Gasteiger partial charge is 0.253 e. The van der Waals surface area contributed by atoms with Crippen LogP contribution < -0.4 is 0 Å². The standard InChI is InChI=1S/C14H17BrN2O3S2/c1-3-11-14(9(2)16-20-11)10-5-4-8-17(10)22(18,19)13-7-6-12(15)21-13/h6-7,10H,3-5,8H2,1-2H3. The van der Waals surface area contributed by atoms with Crippen molar-refractivity contribution < 1.29 is 12.9 Å². The van der Waals surface area contributed by atoms with E-state index in [2.05, 4.69) is 21.1 Å². The largest absolute Gasteiger partial charge is 0.361 e. The van der Waals surface area contributed by atoms with Crippen LogP contribution in [0.2, 0.25) is 0 Å². The Morgan fingerprint density at radius 2 is 2.27 bits per heavy atom. The van der Waals surface area contributed by atoms with Crippen molar-refractivity contribution >= 4 is 37.3 Å². The zero-order valence-electron chi connectivity index (χ0n) is 12.4. The van der Waals surface area contributed by atoms with E-state index in [0.29, 0.717) is 17.2 Å². The average molecular weight is 405 g/mol. The third kappa shape index (κ3) is 2.66. The van der Waals surface area contributed by atoms with Crippen LogP contribution in [0.15, 0.2) is 24.7 Å². The van der Waals surface area contributed by atoms with Gasteiger partial charge in [0.1, 0.15) is 9.97 Å². The molecule has 1 aliphatic heterocycles. The van der Waals surface area contributed by atoms with Gasteiger partial charge in [-0.25, -0.2) is 8.42 Å². The first-order valence-electron chi connectivity index (χ1n) is 7.17. The lowest BCUT2D eigenvalue weighted by molar-refractivity contribution is 0.368. The van der Waals surface area contributed by atoms with Crippen LogP contribution >= 0.6 is 27.3 Å². The molecule has 3 rings (SSSR count). The fourth-order valence-electron chi connectivity index (χ4n) is 2.97. The molecular formula is C14H17BrN2O3S2. The number of hydrogen-bond acceptors (Lipinski definition) is 5. The number of aryl methyl sites for hydroxylation is 2. The Kier molecular flexibility index (Phi) is 4.46. The number of rotatable bonds is 4. The minimum Gasteiger partial charge on any atom is -0.361 e. The third-order valence-electron chi connectivity index (χ3n) is 3.95.